The smallest absolute Gasteiger partial charge is 0.00474 e. The van der Waals surface area contributed by atoms with E-state index < -0.39 is 0 Å². The number of allylic oxidation sites excluding steroid dienone is 6. The molecule has 4 rings (SSSR count). The molecule has 2 unspecified atom stereocenters. The van der Waals surface area contributed by atoms with Gasteiger partial charge in [-0.2, -0.15) is 0 Å². The van der Waals surface area contributed by atoms with E-state index in [1.165, 1.54) is 44.9 Å². The Kier molecular flexibility index (Phi) is 5.71. The Morgan fingerprint density at radius 1 is 0.897 bits per heavy atom. The highest BCUT2D eigenvalue weighted by Gasteiger charge is 2.56. The summed E-state index contributed by atoms with van der Waals surface area (Å²) in [5.74, 6) is 5.55. The molecule has 0 aromatic carbocycles. The van der Waals surface area contributed by atoms with Gasteiger partial charge in [-0.1, -0.05) is 83.9 Å². The molecule has 0 radical (unpaired) electrons. The van der Waals surface area contributed by atoms with Crippen molar-refractivity contribution < 1.29 is 0 Å². The van der Waals surface area contributed by atoms with Crippen molar-refractivity contribution in [3.05, 3.63) is 35.5 Å². The van der Waals surface area contributed by atoms with Gasteiger partial charge in [-0.25, -0.2) is 0 Å². The Bertz CT molecular complexity index is 706. The molecule has 0 saturated heterocycles. The molecule has 29 heavy (non-hydrogen) atoms. The summed E-state index contributed by atoms with van der Waals surface area (Å²) in [5, 5.41) is 0. The lowest BCUT2D eigenvalue weighted by Gasteiger charge is -2.55. The predicted molar refractivity (Wildman–Crippen MR) is 127 cm³/mol. The summed E-state index contributed by atoms with van der Waals surface area (Å²) < 4.78 is 0. The molecule has 0 heterocycles. The Balaban J connectivity index is 1.57. The van der Waals surface area contributed by atoms with Gasteiger partial charge in [0.05, 0.1) is 0 Å². The number of fused-ring (bicyclic) bond motifs is 5. The number of hydrogen-bond donors (Lipinski definition) is 0. The number of rotatable bonds is 4. The van der Waals surface area contributed by atoms with Crippen LogP contribution in [0.5, 0.6) is 0 Å². The van der Waals surface area contributed by atoms with Crippen molar-refractivity contribution in [3.63, 3.8) is 0 Å². The van der Waals surface area contributed by atoms with E-state index in [9.17, 15) is 0 Å². The second kappa shape index (κ2) is 7.72. The van der Waals surface area contributed by atoms with Crippen LogP contribution in [0.25, 0.3) is 0 Å². The third kappa shape index (κ3) is 3.51. The molecule has 4 aliphatic carbocycles. The zero-order valence-corrected chi connectivity index (χ0v) is 20.3. The SMILES string of the molecule is CC(C)[C@@H](C)/C=C/[C@@H](C)[C@H]1CCC2C3=CC=C4C[C@@H](C)CC[C@]4(C)C3CC[C@@]21C. The monoisotopic (exact) mass is 394 g/mol. The van der Waals surface area contributed by atoms with Crippen molar-refractivity contribution in [1.29, 1.82) is 0 Å². The summed E-state index contributed by atoms with van der Waals surface area (Å²) in [5.41, 5.74) is 4.61. The molecule has 0 nitrogen and oxygen atoms in total. The molecular formula is C29H46. The molecule has 0 aromatic heterocycles. The van der Waals surface area contributed by atoms with Crippen molar-refractivity contribution in [2.24, 2.45) is 52.3 Å². The van der Waals surface area contributed by atoms with Crippen molar-refractivity contribution in [3.8, 4) is 0 Å². The van der Waals surface area contributed by atoms with Crippen LogP contribution in [0.4, 0.5) is 0 Å². The van der Waals surface area contributed by atoms with Gasteiger partial charge in [0.1, 0.15) is 0 Å². The lowest BCUT2D eigenvalue weighted by atomic mass is 9.49. The maximum absolute atomic E-state index is 2.66. The first kappa shape index (κ1) is 21.5. The van der Waals surface area contributed by atoms with Gasteiger partial charge in [0, 0.05) is 0 Å². The fourth-order valence-corrected chi connectivity index (χ4v) is 7.80. The van der Waals surface area contributed by atoms with Gasteiger partial charge in [0.15, 0.2) is 0 Å². The fourth-order valence-electron chi connectivity index (χ4n) is 7.80. The van der Waals surface area contributed by atoms with E-state index >= 15 is 0 Å². The molecule has 0 amide bonds. The Labute approximate surface area is 181 Å². The summed E-state index contributed by atoms with van der Waals surface area (Å²) in [6.07, 6.45) is 20.2. The van der Waals surface area contributed by atoms with E-state index in [2.05, 4.69) is 72.8 Å². The first-order valence-electron chi connectivity index (χ1n) is 12.8. The molecule has 3 fully saturated rings. The quantitative estimate of drug-likeness (QED) is 0.419. The molecular weight excluding hydrogens is 348 g/mol. The first-order valence-corrected chi connectivity index (χ1v) is 12.8. The molecule has 0 spiro atoms. The van der Waals surface area contributed by atoms with Crippen molar-refractivity contribution in [2.75, 3.05) is 0 Å². The predicted octanol–water partition coefficient (Wildman–Crippen LogP) is 8.61. The molecule has 0 aromatic rings. The van der Waals surface area contributed by atoms with Crippen LogP contribution in [0.15, 0.2) is 35.5 Å². The van der Waals surface area contributed by atoms with Crippen molar-refractivity contribution >= 4 is 0 Å². The Hall–Kier alpha value is -0.780. The molecule has 0 N–H and O–H groups in total. The topological polar surface area (TPSA) is 0 Å². The molecule has 4 aliphatic rings. The normalized spacial score (nSPS) is 44.0. The van der Waals surface area contributed by atoms with Crippen molar-refractivity contribution in [2.45, 2.75) is 93.4 Å². The number of hydrogen-bond acceptors (Lipinski definition) is 0. The standard InChI is InChI=1S/C29H46/c1-19(2)21(4)8-9-22(5)25-12-13-26-24-11-10-23-18-20(3)14-16-28(23,6)27(24)15-17-29(25,26)7/h8-11,19-22,25-27H,12-18H2,1-7H3/b9-8+/t20-,21-,22+,25+,26?,27?,28-,29+/m0/s1. The van der Waals surface area contributed by atoms with Gasteiger partial charge in [-0.15, -0.1) is 0 Å². The van der Waals surface area contributed by atoms with Gasteiger partial charge in [-0.3, -0.25) is 0 Å². The maximum Gasteiger partial charge on any atom is -0.00474 e. The molecule has 0 bridgehead atoms. The Morgan fingerprint density at radius 2 is 1.66 bits per heavy atom. The maximum atomic E-state index is 2.66. The molecule has 0 heteroatoms. The van der Waals surface area contributed by atoms with E-state index in [1.807, 2.05) is 5.57 Å². The van der Waals surface area contributed by atoms with Gasteiger partial charge in [0.2, 0.25) is 0 Å². The van der Waals surface area contributed by atoms with Crippen molar-refractivity contribution in [1.82, 2.24) is 0 Å². The third-order valence-corrected chi connectivity index (χ3v) is 10.3. The highest BCUT2D eigenvalue weighted by atomic mass is 14.6. The minimum atomic E-state index is 0.466. The minimum absolute atomic E-state index is 0.466. The second-order valence-corrected chi connectivity index (χ2v) is 12.3. The lowest BCUT2D eigenvalue weighted by molar-refractivity contribution is 0.0539. The van der Waals surface area contributed by atoms with Crippen LogP contribution in [0.1, 0.15) is 93.4 Å². The summed E-state index contributed by atoms with van der Waals surface area (Å²) in [4.78, 5) is 0. The highest BCUT2D eigenvalue weighted by molar-refractivity contribution is 5.38. The molecule has 0 aliphatic heterocycles. The minimum Gasteiger partial charge on any atom is -0.0852 e. The zero-order valence-electron chi connectivity index (χ0n) is 20.3. The molecule has 162 valence electrons. The van der Waals surface area contributed by atoms with Crippen LogP contribution in [0.2, 0.25) is 0 Å². The Morgan fingerprint density at radius 3 is 2.38 bits per heavy atom. The zero-order chi connectivity index (χ0) is 21.0. The summed E-state index contributed by atoms with van der Waals surface area (Å²) in [7, 11) is 0. The largest absolute Gasteiger partial charge is 0.0852 e. The van der Waals surface area contributed by atoms with E-state index in [4.69, 9.17) is 0 Å². The van der Waals surface area contributed by atoms with Crippen LogP contribution in [-0.4, -0.2) is 0 Å². The average Bonchev–Trinajstić information content (AvgIpc) is 3.03. The van der Waals surface area contributed by atoms with E-state index in [0.717, 1.165) is 29.6 Å². The summed E-state index contributed by atoms with van der Waals surface area (Å²) in [6.45, 7) is 17.3. The van der Waals surface area contributed by atoms with Gasteiger partial charge < -0.3 is 0 Å². The van der Waals surface area contributed by atoms with Gasteiger partial charge in [-0.05, 0) is 97.2 Å². The van der Waals surface area contributed by atoms with Crippen LogP contribution in [0, 0.1) is 52.3 Å². The van der Waals surface area contributed by atoms with Crippen LogP contribution < -0.4 is 0 Å². The van der Waals surface area contributed by atoms with Crippen LogP contribution in [0.3, 0.4) is 0 Å². The van der Waals surface area contributed by atoms with Crippen LogP contribution >= 0.6 is 0 Å². The highest BCUT2D eigenvalue weighted by Crippen LogP contribution is 2.66. The summed E-state index contributed by atoms with van der Waals surface area (Å²) >= 11 is 0. The third-order valence-electron chi connectivity index (χ3n) is 10.3. The van der Waals surface area contributed by atoms with Gasteiger partial charge in [0.25, 0.3) is 0 Å². The molecule has 3 saturated carbocycles. The average molecular weight is 395 g/mol. The van der Waals surface area contributed by atoms with E-state index in [0.29, 0.717) is 22.7 Å². The van der Waals surface area contributed by atoms with Gasteiger partial charge >= 0.3 is 0 Å². The molecule has 8 atom stereocenters. The fraction of sp³-hybridized carbons (Fsp3) is 0.793. The second-order valence-electron chi connectivity index (χ2n) is 12.3. The summed E-state index contributed by atoms with van der Waals surface area (Å²) in [6, 6.07) is 0. The van der Waals surface area contributed by atoms with E-state index in [-0.39, 0.29) is 0 Å². The lowest BCUT2D eigenvalue weighted by Crippen LogP contribution is -2.45. The van der Waals surface area contributed by atoms with Crippen LogP contribution in [-0.2, 0) is 0 Å². The van der Waals surface area contributed by atoms with E-state index in [1.54, 1.807) is 5.57 Å². The first-order chi connectivity index (χ1) is 13.7.